The topological polar surface area (TPSA) is 198 Å². The fraction of sp³-hybridized carbons (Fsp3) is 0.822. The van der Waals surface area contributed by atoms with E-state index in [-0.39, 0.29) is 43.1 Å². The lowest BCUT2D eigenvalue weighted by molar-refractivity contribution is -0.357. The van der Waals surface area contributed by atoms with Crippen LogP contribution in [-0.4, -0.2) is 134 Å². The van der Waals surface area contributed by atoms with Crippen LogP contribution in [0.1, 0.15) is 97.8 Å². The van der Waals surface area contributed by atoms with Crippen LogP contribution >= 0.6 is 0 Å². The van der Waals surface area contributed by atoms with Gasteiger partial charge < -0.3 is 49.7 Å². The summed E-state index contributed by atoms with van der Waals surface area (Å²) < 4.78 is 17.9. The summed E-state index contributed by atoms with van der Waals surface area (Å²) in [6.45, 7) is 6.44. The van der Waals surface area contributed by atoms with Gasteiger partial charge in [-0.3, -0.25) is 14.9 Å². The number of amides is 1. The number of ether oxygens (including phenoxy) is 3. The summed E-state index contributed by atoms with van der Waals surface area (Å²) in [5, 5.41) is 78.3. The Morgan fingerprint density at radius 2 is 1.79 bits per heavy atom. The van der Waals surface area contributed by atoms with Crippen LogP contribution in [0.15, 0.2) is 11.1 Å². The molecule has 3 saturated heterocycles. The smallest absolute Gasteiger partial charge is 0.244 e. The van der Waals surface area contributed by atoms with Crippen molar-refractivity contribution in [2.24, 2.45) is 45.3 Å². The number of Topliss-reactive ketones (excluding diaryl/α,β-unsaturated/α-hetero) is 1. The molecule has 0 aromatic carbocycles. The Hall–Kier alpha value is -2.40. The van der Waals surface area contributed by atoms with Gasteiger partial charge in [0.15, 0.2) is 5.78 Å². The van der Waals surface area contributed by atoms with Crippen LogP contribution in [0.2, 0.25) is 0 Å². The van der Waals surface area contributed by atoms with Gasteiger partial charge in [0.25, 0.3) is 0 Å². The number of nitrogens with one attached hydrogen (secondary N) is 1. The number of carbonyl (C=O) groups is 2. The molecule has 0 radical (unpaired) electrons. The maximum atomic E-state index is 15.2. The van der Waals surface area contributed by atoms with Crippen LogP contribution in [0.5, 0.6) is 0 Å². The van der Waals surface area contributed by atoms with Gasteiger partial charge in [-0.05, 0) is 99.5 Å². The summed E-state index contributed by atoms with van der Waals surface area (Å²) in [4.78, 5) is 31.7. The van der Waals surface area contributed by atoms with Gasteiger partial charge >= 0.3 is 0 Å². The summed E-state index contributed by atoms with van der Waals surface area (Å²) >= 11 is 0. The fourth-order valence-electron chi connectivity index (χ4n) is 15.0. The predicted molar refractivity (Wildman–Crippen MR) is 206 cm³/mol. The summed E-state index contributed by atoms with van der Waals surface area (Å²) in [7, 11) is 1.67. The highest BCUT2D eigenvalue weighted by molar-refractivity contribution is 6.01. The van der Waals surface area contributed by atoms with E-state index in [1.54, 1.807) is 12.0 Å². The number of carbonyl (C=O) groups excluding carboxylic acids is 2. The number of hydrogen-bond donors (Lipinski definition) is 7. The molecule has 5 aliphatic heterocycles. The van der Waals surface area contributed by atoms with Gasteiger partial charge in [-0.2, -0.15) is 0 Å². The number of methoxy groups -OCH3 is 1. The Morgan fingerprint density at radius 1 is 1.00 bits per heavy atom. The van der Waals surface area contributed by atoms with Crippen molar-refractivity contribution in [1.82, 2.24) is 10.2 Å². The third kappa shape index (κ3) is 4.55. The first-order valence-electron chi connectivity index (χ1n) is 21.8. The van der Waals surface area contributed by atoms with Crippen LogP contribution in [0, 0.1) is 69.0 Å². The molecule has 5 heterocycles. The van der Waals surface area contributed by atoms with Gasteiger partial charge in [-0.25, -0.2) is 0 Å². The van der Waals surface area contributed by atoms with Crippen molar-refractivity contribution in [3.05, 3.63) is 11.1 Å². The van der Waals surface area contributed by atoms with Crippen LogP contribution < -0.4 is 5.32 Å². The van der Waals surface area contributed by atoms with Crippen molar-refractivity contribution in [1.29, 1.82) is 0 Å². The van der Waals surface area contributed by atoms with Gasteiger partial charge in [-0.1, -0.05) is 25.7 Å². The van der Waals surface area contributed by atoms with Crippen molar-refractivity contribution in [3.8, 4) is 23.7 Å². The zero-order valence-electron chi connectivity index (χ0n) is 34.2. The van der Waals surface area contributed by atoms with Crippen molar-refractivity contribution in [2.45, 2.75) is 151 Å². The van der Waals surface area contributed by atoms with E-state index in [0.29, 0.717) is 75.9 Å². The number of aliphatic hydroxyl groups excluding tert-OH is 2. The molecule has 16 atom stereocenters. The minimum atomic E-state index is -3.06. The number of nitrogens with zero attached hydrogens (tertiary/aromatic N) is 1. The quantitative estimate of drug-likeness (QED) is 0.0869. The molecule has 6 fully saturated rings. The Balaban J connectivity index is 1.20. The largest absolute Gasteiger partial charge is 0.396 e. The zero-order chi connectivity index (χ0) is 41.1. The van der Waals surface area contributed by atoms with Crippen LogP contribution in [0.4, 0.5) is 0 Å². The van der Waals surface area contributed by atoms with Crippen LogP contribution in [0.3, 0.4) is 0 Å². The lowest BCUT2D eigenvalue weighted by Gasteiger charge is -2.68. The number of piperidine rings is 1. The summed E-state index contributed by atoms with van der Waals surface area (Å²) in [6, 6.07) is -0.194. The third-order valence-corrected chi connectivity index (χ3v) is 18.3. The second kappa shape index (κ2) is 12.6. The lowest BCUT2D eigenvalue weighted by atomic mass is 9.36. The molecular weight excluding hydrogens is 744 g/mol. The van der Waals surface area contributed by atoms with E-state index in [1.165, 1.54) is 6.92 Å². The number of fused-ring (bicyclic) bond motifs is 4. The predicted octanol–water partition coefficient (Wildman–Crippen LogP) is 0.911. The molecule has 0 aromatic rings. The minimum Gasteiger partial charge on any atom is -0.396 e. The number of ketones is 1. The highest BCUT2D eigenvalue weighted by atomic mass is 16.6. The molecule has 0 unspecified atom stereocenters. The molecule has 11 aliphatic rings. The fourth-order valence-corrected chi connectivity index (χ4v) is 15.0. The first kappa shape index (κ1) is 39.7. The average Bonchev–Trinajstić information content (AvgIpc) is 3.79. The molecule has 13 nitrogen and oxygen atoms in total. The molecule has 316 valence electrons. The molecule has 58 heavy (non-hydrogen) atoms. The Kier molecular flexibility index (Phi) is 8.63. The van der Waals surface area contributed by atoms with E-state index in [2.05, 4.69) is 35.9 Å². The van der Waals surface area contributed by atoms with E-state index in [9.17, 15) is 35.4 Å². The van der Waals surface area contributed by atoms with Crippen LogP contribution in [0.25, 0.3) is 0 Å². The summed E-state index contributed by atoms with van der Waals surface area (Å²) in [5.41, 5.74) is -9.08. The first-order chi connectivity index (χ1) is 27.4. The van der Waals surface area contributed by atoms with Crippen LogP contribution in [-0.2, 0) is 23.8 Å². The first-order valence-corrected chi connectivity index (χ1v) is 21.8. The third-order valence-electron chi connectivity index (χ3n) is 18.3. The SMILES string of the molecule is COCCCO[C@H]1CC[C@@]2(C)[C@@H](C1)C(=O)C1=C3[C@@]24C#CC[C@@H]2CN2C(=O)[C@]25CC#C[C@@]6(C[C@H](CC1)[C@]3(O)[C@]6(C)CC4)[C@](C)(O)C(O)(O)[C@H]1O[C@H]([C@H](C2)[C@H]1CO)[C@@H](O)N5. The average molecular weight is 805 g/mol. The monoisotopic (exact) mass is 804 g/mol. The molecule has 6 aliphatic carbocycles. The Labute approximate surface area is 340 Å². The molecular formula is C45H60N2O11. The van der Waals surface area contributed by atoms with Gasteiger partial charge in [-0.15, -0.1) is 11.8 Å². The molecule has 3 saturated carbocycles. The second-order valence-electron chi connectivity index (χ2n) is 20.5. The van der Waals surface area contributed by atoms with Crippen molar-refractivity contribution < 1.29 is 54.4 Å². The molecule has 11 rings (SSSR count). The van der Waals surface area contributed by atoms with Crippen molar-refractivity contribution in [3.63, 3.8) is 0 Å². The number of rotatable bonds is 6. The van der Waals surface area contributed by atoms with Gasteiger partial charge in [0.1, 0.15) is 29.6 Å². The van der Waals surface area contributed by atoms with Gasteiger partial charge in [0.05, 0.1) is 28.6 Å². The molecule has 1 amide bonds. The molecule has 0 aromatic heterocycles. The molecule has 7 bridgehead atoms. The van der Waals surface area contributed by atoms with E-state index >= 15 is 4.79 Å². The maximum absolute atomic E-state index is 15.2. The lowest BCUT2D eigenvalue weighted by Crippen LogP contribution is -2.74. The summed E-state index contributed by atoms with van der Waals surface area (Å²) in [5.74, 6) is 8.20. The van der Waals surface area contributed by atoms with E-state index in [1.807, 2.05) is 6.92 Å². The summed E-state index contributed by atoms with van der Waals surface area (Å²) in [6.07, 6.45) is 0.654. The number of aliphatic hydroxyl groups is 6. The number of hydrogen-bond acceptors (Lipinski definition) is 12. The Bertz CT molecular complexity index is 1980. The van der Waals surface area contributed by atoms with Crippen molar-refractivity contribution >= 4 is 11.7 Å². The zero-order valence-corrected chi connectivity index (χ0v) is 34.2. The highest BCUT2D eigenvalue weighted by Gasteiger charge is 2.84. The number of allylic oxidation sites excluding steroid dienone is 1. The standard InChI is InChI=1S/C45H60N2O11/c1-38-15-11-27(57-19-7-18-56-4)20-31(38)32(49)28-10-9-25-21-43-14-6-13-42(22-29-30(24-48)35(45(54,55)40(43,3)52)58-33(29)36(50)46-42)37(51)47-23-26(47)8-5-12-41(38)17-16-39(43,2)44(25,53)34(28)41/h25-27,29-31,33,35-36,46,48,50,52-55H,7-11,13,15-24H2,1-4H3/t25-,26+,27-,29+,30+,31-,33+,35-,36+,38-,39+,40-,41-,42-,43-,44+,47?/m0/s1. The van der Waals surface area contributed by atoms with E-state index in [0.717, 1.165) is 12.8 Å². The highest BCUT2D eigenvalue weighted by Crippen LogP contribution is 2.80. The molecule has 7 N–H and O–H groups in total. The van der Waals surface area contributed by atoms with Gasteiger partial charge in [0, 0.05) is 63.6 Å². The normalized spacial score (nSPS) is 52.9. The Morgan fingerprint density at radius 3 is 2.55 bits per heavy atom. The van der Waals surface area contributed by atoms with Crippen molar-refractivity contribution in [2.75, 3.05) is 33.5 Å². The molecule has 13 heteroatoms. The maximum Gasteiger partial charge on any atom is 0.244 e. The van der Waals surface area contributed by atoms with Gasteiger partial charge in [0.2, 0.25) is 11.7 Å². The van der Waals surface area contributed by atoms with E-state index in [4.69, 9.17) is 14.2 Å². The minimum absolute atomic E-state index is 0.0202. The van der Waals surface area contributed by atoms with E-state index < -0.39 is 92.9 Å². The second-order valence-corrected chi connectivity index (χ2v) is 20.5. The molecule has 3 spiro atoms.